The molecule has 0 radical (unpaired) electrons. The molecule has 0 unspecified atom stereocenters. The van der Waals surface area contributed by atoms with E-state index >= 15 is 0 Å². The molecule has 0 amide bonds. The van der Waals surface area contributed by atoms with E-state index in [1.165, 1.54) is 7.11 Å². The number of halogens is 3. The average Bonchev–Trinajstić information content (AvgIpc) is 2.27. The van der Waals surface area contributed by atoms with Gasteiger partial charge in [0.1, 0.15) is 0 Å². The van der Waals surface area contributed by atoms with Gasteiger partial charge in [-0.25, -0.2) is 14.8 Å². The minimum absolute atomic E-state index is 0. The first kappa shape index (κ1) is 27.7. The molecule has 0 aliphatic carbocycles. The van der Waals surface area contributed by atoms with Gasteiger partial charge < -0.3 is 24.9 Å². The van der Waals surface area contributed by atoms with Crippen molar-refractivity contribution in [2.45, 2.75) is 12.8 Å². The van der Waals surface area contributed by atoms with E-state index in [0.29, 0.717) is 0 Å². The number of methoxy groups -OCH3 is 1. The number of carbonyl (C=O) groups is 2. The van der Waals surface area contributed by atoms with Gasteiger partial charge in [0.05, 0.1) is 12.3 Å². The van der Waals surface area contributed by atoms with E-state index in [1.54, 1.807) is 0 Å². The van der Waals surface area contributed by atoms with Crippen LogP contribution in [0.1, 0.15) is 22.0 Å². The summed E-state index contributed by atoms with van der Waals surface area (Å²) in [5.41, 5.74) is -0.850. The number of carboxylic acid groups (broad SMARTS) is 3. The molecule has 0 saturated heterocycles. The molecular weight excluding hydrogens is 367 g/mol. The summed E-state index contributed by atoms with van der Waals surface area (Å²) in [4.78, 5) is 24.9. The number of carboxylic acids is 1. The van der Waals surface area contributed by atoms with E-state index in [1.807, 2.05) is 0 Å². The van der Waals surface area contributed by atoms with Crippen LogP contribution in [0.5, 0.6) is 0 Å². The van der Waals surface area contributed by atoms with Crippen molar-refractivity contribution in [2.75, 3.05) is 7.11 Å². The van der Waals surface area contributed by atoms with E-state index in [0.717, 1.165) is 6.07 Å². The quantitative estimate of drug-likeness (QED) is 0.516. The van der Waals surface area contributed by atoms with Crippen molar-refractivity contribution in [1.29, 1.82) is 0 Å². The minimum atomic E-state index is -4.78. The zero-order valence-corrected chi connectivity index (χ0v) is 18.0. The van der Waals surface area contributed by atoms with Crippen molar-refractivity contribution in [3.8, 4) is 0 Å². The maximum absolute atomic E-state index is 12.3. The number of rotatable bonds is 3. The molecule has 1 aromatic heterocycles. The van der Waals surface area contributed by atoms with Crippen LogP contribution >= 0.6 is 0 Å². The molecule has 0 aliphatic heterocycles. The first-order valence-electron chi connectivity index (χ1n) is 4.63. The van der Waals surface area contributed by atoms with Crippen molar-refractivity contribution in [2.24, 2.45) is 0 Å². The van der Waals surface area contributed by atoms with Crippen LogP contribution in [0.4, 0.5) is 18.0 Å². The molecule has 8 nitrogen and oxygen atoms in total. The van der Waals surface area contributed by atoms with E-state index in [2.05, 4.69) is 14.7 Å². The van der Waals surface area contributed by atoms with E-state index in [4.69, 9.17) is 20.1 Å². The molecule has 13 heteroatoms. The topological polar surface area (TPSA) is 136 Å². The Balaban J connectivity index is -0.000000538. The molecule has 22 heavy (non-hydrogen) atoms. The van der Waals surface area contributed by atoms with Crippen molar-refractivity contribution in [3.63, 3.8) is 0 Å². The summed E-state index contributed by atoms with van der Waals surface area (Å²) in [7, 11) is 1.26. The summed E-state index contributed by atoms with van der Waals surface area (Å²) < 4.78 is 41.5. The van der Waals surface area contributed by atoms with Gasteiger partial charge in [-0.15, -0.1) is 0 Å². The molecular formula is C9H7F3K2N2O6. The second kappa shape index (κ2) is 13.2. The summed E-state index contributed by atoms with van der Waals surface area (Å²) in [6.45, 7) is -0.216. The molecule has 0 bridgehead atoms. The van der Waals surface area contributed by atoms with Gasteiger partial charge >= 0.3 is 115 Å². The van der Waals surface area contributed by atoms with Crippen molar-refractivity contribution >= 4 is 12.1 Å². The van der Waals surface area contributed by atoms with Crippen LogP contribution in [0.2, 0.25) is 0 Å². The fourth-order valence-electron chi connectivity index (χ4n) is 0.956. The van der Waals surface area contributed by atoms with Gasteiger partial charge in [0.15, 0.2) is 5.69 Å². The molecule has 1 aromatic rings. The number of hydrogen-bond acceptors (Lipinski definition) is 7. The Morgan fingerprint density at radius 1 is 1.27 bits per heavy atom. The van der Waals surface area contributed by atoms with Gasteiger partial charge in [0.25, 0.3) is 0 Å². The fourth-order valence-corrected chi connectivity index (χ4v) is 0.956. The monoisotopic (exact) mass is 374 g/mol. The van der Waals surface area contributed by atoms with E-state index < -0.39 is 29.8 Å². The number of carbonyl (C=O) groups excluding carboxylic acids is 1. The number of hydrogen-bond donors (Lipinski definition) is 1. The summed E-state index contributed by atoms with van der Waals surface area (Å²) in [6.07, 6.45) is -7.12. The maximum atomic E-state index is 12.3. The normalized spacial score (nSPS) is 9.45. The summed E-state index contributed by atoms with van der Waals surface area (Å²) in [5, 5.41) is 25.2. The number of nitrogens with zero attached hydrogens (tertiary/aromatic N) is 2. The Bertz CT molecular complexity index is 497. The van der Waals surface area contributed by atoms with Crippen LogP contribution < -0.4 is 113 Å². The third-order valence-electron chi connectivity index (χ3n) is 1.54. The zero-order chi connectivity index (χ0) is 15.9. The Labute approximate surface area is 207 Å². The molecule has 0 aliphatic rings. The maximum Gasteiger partial charge on any atom is 1.00 e. The largest absolute Gasteiger partial charge is 1.00 e. The fraction of sp³-hybridized carbons (Fsp3) is 0.333. The third-order valence-corrected chi connectivity index (χ3v) is 1.54. The van der Waals surface area contributed by atoms with Crippen LogP contribution in [0.25, 0.3) is 0 Å². The summed E-state index contributed by atoms with van der Waals surface area (Å²) in [5.74, 6) is -3.04. The van der Waals surface area contributed by atoms with Crippen LogP contribution in [0.3, 0.4) is 0 Å². The molecule has 1 rings (SSSR count). The van der Waals surface area contributed by atoms with E-state index in [-0.39, 0.29) is 115 Å². The first-order chi connectivity index (χ1) is 9.07. The van der Waals surface area contributed by atoms with Crippen molar-refractivity contribution in [1.82, 2.24) is 9.97 Å². The Hall–Kier alpha value is 0.843. The van der Waals surface area contributed by atoms with Crippen molar-refractivity contribution < 1.29 is 146 Å². The van der Waals surface area contributed by atoms with Crippen molar-refractivity contribution in [3.05, 3.63) is 23.3 Å². The molecule has 1 N–H and O–H groups in total. The van der Waals surface area contributed by atoms with Gasteiger partial charge in [-0.2, -0.15) is 13.2 Å². The van der Waals surface area contributed by atoms with Gasteiger partial charge in [-0.1, -0.05) is 0 Å². The Kier molecular flexibility index (Phi) is 16.6. The third kappa shape index (κ3) is 12.3. The van der Waals surface area contributed by atoms with Crippen LogP contribution in [0.15, 0.2) is 6.07 Å². The van der Waals surface area contributed by atoms with Gasteiger partial charge in [0.2, 0.25) is 5.82 Å². The number of alkyl halides is 3. The molecule has 1 heterocycles. The Morgan fingerprint density at radius 3 is 2.05 bits per heavy atom. The molecule has 112 valence electrons. The number of ether oxygens (including phenoxy) is 1. The van der Waals surface area contributed by atoms with Crippen LogP contribution in [-0.4, -0.2) is 34.3 Å². The molecule has 0 atom stereocenters. The number of aromatic carboxylic acids is 1. The summed E-state index contributed by atoms with van der Waals surface area (Å²) in [6, 6.07) is 0.932. The standard InChI is InChI=1S/C8H7F3N2O3.CH2O3.2K/c1-16-3-4-2-5(6(14)15)13-7(12-4)8(9,10)11;2-1(3)4;;/h2H,3H2,1H3,(H,14,15);(H2,2,3,4);;/q;;2*+1/p-2. The smallest absolute Gasteiger partial charge is 0.652 e. The molecule has 0 fully saturated rings. The predicted molar refractivity (Wildman–Crippen MR) is 50.1 cm³/mol. The van der Waals surface area contributed by atoms with Gasteiger partial charge in [0, 0.05) is 7.11 Å². The first-order valence-corrected chi connectivity index (χ1v) is 4.63. The van der Waals surface area contributed by atoms with E-state index in [9.17, 15) is 18.0 Å². The number of aromatic nitrogens is 2. The van der Waals surface area contributed by atoms with Crippen LogP contribution in [0, 0.1) is 0 Å². The minimum Gasteiger partial charge on any atom is -0.652 e. The second-order valence-electron chi connectivity index (χ2n) is 3.05. The van der Waals surface area contributed by atoms with Gasteiger partial charge in [-0.3, -0.25) is 0 Å². The summed E-state index contributed by atoms with van der Waals surface area (Å²) >= 11 is 0. The molecule has 0 aromatic carbocycles. The average molecular weight is 374 g/mol. The molecule has 0 saturated carbocycles. The zero-order valence-electron chi connectivity index (χ0n) is 11.8. The SMILES string of the molecule is COCc1cc(C(=O)O)nc(C(F)(F)F)n1.O=C([O-])[O-].[K+].[K+]. The second-order valence-corrected chi connectivity index (χ2v) is 3.05. The molecule has 0 spiro atoms. The Morgan fingerprint density at radius 2 is 1.73 bits per heavy atom. The predicted octanol–water partition coefficient (Wildman–Crippen LogP) is -7.10. The van der Waals surface area contributed by atoms with Gasteiger partial charge in [-0.05, 0) is 12.2 Å². The van der Waals surface area contributed by atoms with Crippen LogP contribution in [-0.2, 0) is 17.5 Å².